The van der Waals surface area contributed by atoms with Crippen molar-refractivity contribution in [3.63, 3.8) is 0 Å². The van der Waals surface area contributed by atoms with Crippen LogP contribution in [0.2, 0.25) is 0 Å². The SMILES string of the molecule is COC(=O)c1ccc(C2=Cc3c(c(O)c(O)c(O)c3-c3ccc(-c4ccccc4)cc3)C2=O)cc1. The zero-order valence-corrected chi connectivity index (χ0v) is 18.6. The molecule has 0 unspecified atom stereocenters. The average molecular weight is 464 g/mol. The second-order valence-electron chi connectivity index (χ2n) is 8.11. The first-order valence-corrected chi connectivity index (χ1v) is 10.8. The smallest absolute Gasteiger partial charge is 0.337 e. The van der Waals surface area contributed by atoms with Crippen molar-refractivity contribution in [3.05, 3.63) is 101 Å². The standard InChI is InChI=1S/C29H20O6/c1-35-29(34)20-13-9-18(10-14-20)21-15-22-23(26(31)28(33)27(32)24(22)25(21)30)19-11-7-17(8-12-19)16-5-3-2-4-6-16/h2-15,31-33H,1H3. The molecular formula is C29H20O6. The number of phenolic OH excluding ortho intramolecular Hbond substituents is 3. The average Bonchev–Trinajstić information content (AvgIpc) is 3.24. The molecule has 0 radical (unpaired) electrons. The van der Waals surface area contributed by atoms with Crippen LogP contribution in [0.4, 0.5) is 0 Å². The fourth-order valence-electron chi connectivity index (χ4n) is 4.32. The molecule has 0 saturated heterocycles. The van der Waals surface area contributed by atoms with E-state index in [-0.39, 0.29) is 16.7 Å². The van der Waals surface area contributed by atoms with Crippen molar-refractivity contribution in [2.75, 3.05) is 7.11 Å². The maximum absolute atomic E-state index is 13.3. The molecular weight excluding hydrogens is 444 g/mol. The van der Waals surface area contributed by atoms with Gasteiger partial charge in [0.05, 0.1) is 18.2 Å². The highest BCUT2D eigenvalue weighted by molar-refractivity contribution is 6.39. The van der Waals surface area contributed by atoms with Crippen LogP contribution in [0.25, 0.3) is 33.9 Å². The van der Waals surface area contributed by atoms with Gasteiger partial charge in [0.25, 0.3) is 0 Å². The third kappa shape index (κ3) is 3.61. The summed E-state index contributed by atoms with van der Waals surface area (Å²) >= 11 is 0. The lowest BCUT2D eigenvalue weighted by Gasteiger charge is -2.14. The number of carbonyl (C=O) groups is 2. The maximum atomic E-state index is 13.3. The van der Waals surface area contributed by atoms with Crippen molar-refractivity contribution in [3.8, 4) is 39.5 Å². The van der Waals surface area contributed by atoms with Crippen LogP contribution in [-0.2, 0) is 4.74 Å². The molecule has 0 fully saturated rings. The number of fused-ring (bicyclic) bond motifs is 1. The number of aromatic hydroxyl groups is 3. The van der Waals surface area contributed by atoms with E-state index in [1.165, 1.54) is 19.2 Å². The molecule has 6 nitrogen and oxygen atoms in total. The first kappa shape index (κ1) is 22.0. The minimum absolute atomic E-state index is 0.0884. The van der Waals surface area contributed by atoms with E-state index >= 15 is 0 Å². The zero-order valence-electron chi connectivity index (χ0n) is 18.6. The third-order valence-electron chi connectivity index (χ3n) is 6.12. The van der Waals surface area contributed by atoms with Crippen LogP contribution in [0.15, 0.2) is 78.9 Å². The van der Waals surface area contributed by atoms with Gasteiger partial charge in [-0.15, -0.1) is 0 Å². The van der Waals surface area contributed by atoms with Gasteiger partial charge in [0.2, 0.25) is 5.75 Å². The Hall–Kier alpha value is -4.84. The molecule has 6 heteroatoms. The van der Waals surface area contributed by atoms with Crippen LogP contribution in [-0.4, -0.2) is 34.2 Å². The van der Waals surface area contributed by atoms with Crippen molar-refractivity contribution in [1.82, 2.24) is 0 Å². The molecule has 0 aromatic heterocycles. The van der Waals surface area contributed by atoms with Gasteiger partial charge in [-0.3, -0.25) is 4.79 Å². The minimum atomic E-state index is -0.755. The summed E-state index contributed by atoms with van der Waals surface area (Å²) in [6.45, 7) is 0. The Morgan fingerprint density at radius 1 is 0.657 bits per heavy atom. The van der Waals surface area contributed by atoms with Crippen molar-refractivity contribution < 1.29 is 29.6 Å². The molecule has 0 spiro atoms. The second kappa shape index (κ2) is 8.50. The van der Waals surface area contributed by atoms with Crippen LogP contribution >= 0.6 is 0 Å². The molecule has 0 bridgehead atoms. The first-order chi connectivity index (χ1) is 16.9. The molecule has 0 heterocycles. The molecule has 4 aromatic carbocycles. The lowest BCUT2D eigenvalue weighted by atomic mass is 9.93. The summed E-state index contributed by atoms with van der Waals surface area (Å²) in [5, 5.41) is 31.7. The topological polar surface area (TPSA) is 104 Å². The van der Waals surface area contributed by atoms with Crippen molar-refractivity contribution >= 4 is 23.4 Å². The molecule has 3 N–H and O–H groups in total. The van der Waals surface area contributed by atoms with Gasteiger partial charge < -0.3 is 20.1 Å². The Morgan fingerprint density at radius 3 is 1.83 bits per heavy atom. The van der Waals surface area contributed by atoms with Crippen LogP contribution in [0.1, 0.15) is 31.8 Å². The van der Waals surface area contributed by atoms with Crippen LogP contribution < -0.4 is 0 Å². The maximum Gasteiger partial charge on any atom is 0.337 e. The van der Waals surface area contributed by atoms with Gasteiger partial charge in [0, 0.05) is 16.7 Å². The molecule has 35 heavy (non-hydrogen) atoms. The van der Waals surface area contributed by atoms with Gasteiger partial charge in [0.1, 0.15) is 0 Å². The lowest BCUT2D eigenvalue weighted by Crippen LogP contribution is -2.02. The summed E-state index contributed by atoms with van der Waals surface area (Å²) in [7, 11) is 1.28. The van der Waals surface area contributed by atoms with E-state index in [0.717, 1.165) is 11.1 Å². The van der Waals surface area contributed by atoms with E-state index in [9.17, 15) is 24.9 Å². The highest BCUT2D eigenvalue weighted by Gasteiger charge is 2.34. The number of ether oxygens (including phenoxy) is 1. The molecule has 5 rings (SSSR count). The molecule has 0 aliphatic heterocycles. The summed E-state index contributed by atoms with van der Waals surface area (Å²) in [5.41, 5.74) is 4.13. The fraction of sp³-hybridized carbons (Fsp3) is 0.0345. The van der Waals surface area contributed by atoms with Crippen LogP contribution in [0, 0.1) is 0 Å². The van der Waals surface area contributed by atoms with Gasteiger partial charge in [0.15, 0.2) is 17.3 Å². The first-order valence-electron chi connectivity index (χ1n) is 10.8. The Kier molecular flexibility index (Phi) is 5.34. The number of ketones is 1. The number of carbonyl (C=O) groups excluding carboxylic acids is 2. The Bertz CT molecular complexity index is 1500. The monoisotopic (exact) mass is 464 g/mol. The van der Waals surface area contributed by atoms with Crippen LogP contribution in [0.5, 0.6) is 17.2 Å². The number of allylic oxidation sites excluding steroid dienone is 1. The highest BCUT2D eigenvalue weighted by Crippen LogP contribution is 2.52. The summed E-state index contributed by atoms with van der Waals surface area (Å²) in [5.74, 6) is -2.94. The van der Waals surface area contributed by atoms with Crippen molar-refractivity contribution in [2.45, 2.75) is 0 Å². The Balaban J connectivity index is 1.62. The molecule has 1 aliphatic carbocycles. The second-order valence-corrected chi connectivity index (χ2v) is 8.11. The summed E-state index contributed by atoms with van der Waals surface area (Å²) < 4.78 is 4.71. The fourth-order valence-corrected chi connectivity index (χ4v) is 4.32. The van der Waals surface area contributed by atoms with E-state index in [1.807, 2.05) is 42.5 Å². The molecule has 1 aliphatic rings. The number of hydrogen-bond acceptors (Lipinski definition) is 6. The summed E-state index contributed by atoms with van der Waals surface area (Å²) in [6.07, 6.45) is 1.57. The molecule has 172 valence electrons. The van der Waals surface area contributed by atoms with Crippen molar-refractivity contribution in [2.24, 2.45) is 0 Å². The van der Waals surface area contributed by atoms with E-state index in [4.69, 9.17) is 4.74 Å². The van der Waals surface area contributed by atoms with E-state index < -0.39 is 29.0 Å². The normalized spacial score (nSPS) is 12.3. The summed E-state index contributed by atoms with van der Waals surface area (Å²) in [4.78, 5) is 25.0. The Labute approximate surface area is 201 Å². The number of rotatable bonds is 4. The van der Waals surface area contributed by atoms with Crippen molar-refractivity contribution in [1.29, 1.82) is 0 Å². The highest BCUT2D eigenvalue weighted by atomic mass is 16.5. The lowest BCUT2D eigenvalue weighted by molar-refractivity contribution is 0.0600. The zero-order chi connectivity index (χ0) is 24.7. The van der Waals surface area contributed by atoms with E-state index in [1.54, 1.807) is 30.3 Å². The molecule has 0 atom stereocenters. The summed E-state index contributed by atoms with van der Waals surface area (Å²) in [6, 6.07) is 23.4. The molecule has 0 saturated carbocycles. The predicted molar refractivity (Wildman–Crippen MR) is 132 cm³/mol. The number of hydrogen-bond donors (Lipinski definition) is 3. The van der Waals surface area contributed by atoms with Gasteiger partial charge in [-0.2, -0.15) is 0 Å². The van der Waals surface area contributed by atoms with Gasteiger partial charge in [-0.25, -0.2) is 4.79 Å². The van der Waals surface area contributed by atoms with E-state index in [0.29, 0.717) is 22.3 Å². The quantitative estimate of drug-likeness (QED) is 0.266. The number of phenols is 3. The number of methoxy groups -OCH3 is 1. The predicted octanol–water partition coefficient (Wildman–Crippen LogP) is 5.66. The third-order valence-corrected chi connectivity index (χ3v) is 6.12. The van der Waals surface area contributed by atoms with Gasteiger partial charge >= 0.3 is 5.97 Å². The van der Waals surface area contributed by atoms with Gasteiger partial charge in [-0.1, -0.05) is 66.7 Å². The van der Waals surface area contributed by atoms with Crippen LogP contribution in [0.3, 0.4) is 0 Å². The molecule has 0 amide bonds. The minimum Gasteiger partial charge on any atom is -0.504 e. The Morgan fingerprint density at radius 2 is 1.20 bits per heavy atom. The van der Waals surface area contributed by atoms with Gasteiger partial charge in [-0.05, 0) is 40.5 Å². The number of esters is 1. The number of Topliss-reactive ketones (excluding diaryl/α,β-unsaturated/α-hetero) is 1. The molecule has 4 aromatic rings. The number of benzene rings is 4. The largest absolute Gasteiger partial charge is 0.504 e. The van der Waals surface area contributed by atoms with E-state index in [2.05, 4.69) is 0 Å².